The molecule has 122 valence electrons. The number of carbonyl (C=O) groups is 1. The molecule has 7 nitrogen and oxygen atoms in total. The minimum atomic E-state index is -0.438. The first-order valence-corrected chi connectivity index (χ1v) is 7.62. The zero-order valence-corrected chi connectivity index (χ0v) is 13.0. The molecule has 1 aliphatic rings. The van der Waals surface area contributed by atoms with E-state index >= 15 is 0 Å². The lowest BCUT2D eigenvalue weighted by Gasteiger charge is -2.26. The number of nitriles is 1. The van der Waals surface area contributed by atoms with Crippen molar-refractivity contribution in [2.24, 2.45) is 0 Å². The summed E-state index contributed by atoms with van der Waals surface area (Å²) in [6.07, 6.45) is 1.47. The Morgan fingerprint density at radius 1 is 1.35 bits per heavy atom. The smallest absolute Gasteiger partial charge is 0.267 e. The van der Waals surface area contributed by atoms with E-state index in [1.807, 2.05) is 6.07 Å². The van der Waals surface area contributed by atoms with Crippen molar-refractivity contribution in [3.05, 3.63) is 36.0 Å². The second kappa shape index (κ2) is 8.78. The molecule has 0 bridgehead atoms. The third-order valence-corrected chi connectivity index (χ3v) is 3.56. The molecule has 0 atom stereocenters. The first-order valence-electron chi connectivity index (χ1n) is 7.62. The van der Waals surface area contributed by atoms with Crippen molar-refractivity contribution in [1.29, 1.82) is 5.26 Å². The van der Waals surface area contributed by atoms with Gasteiger partial charge in [-0.3, -0.25) is 9.69 Å². The lowest BCUT2D eigenvalue weighted by Crippen LogP contribution is -2.45. The molecule has 1 aliphatic heterocycles. The Hall–Kier alpha value is -2.56. The summed E-state index contributed by atoms with van der Waals surface area (Å²) in [6.45, 7) is 5.63. The van der Waals surface area contributed by atoms with Gasteiger partial charge in [-0.15, -0.1) is 0 Å². The van der Waals surface area contributed by atoms with Gasteiger partial charge < -0.3 is 21.7 Å². The number of hydrogen-bond acceptors (Lipinski definition) is 6. The van der Waals surface area contributed by atoms with Crippen LogP contribution < -0.4 is 21.7 Å². The van der Waals surface area contributed by atoms with Crippen molar-refractivity contribution in [3.8, 4) is 6.07 Å². The average Bonchev–Trinajstić information content (AvgIpc) is 2.58. The lowest BCUT2D eigenvalue weighted by atomic mass is 10.2. The van der Waals surface area contributed by atoms with E-state index in [0.717, 1.165) is 32.7 Å². The van der Waals surface area contributed by atoms with Crippen molar-refractivity contribution in [1.82, 2.24) is 15.5 Å². The Bertz CT molecular complexity index is 584. The number of benzene rings is 1. The first-order chi connectivity index (χ1) is 11.2. The van der Waals surface area contributed by atoms with Crippen molar-refractivity contribution < 1.29 is 4.79 Å². The van der Waals surface area contributed by atoms with E-state index < -0.39 is 5.91 Å². The van der Waals surface area contributed by atoms with Crippen molar-refractivity contribution >= 4 is 17.3 Å². The van der Waals surface area contributed by atoms with E-state index in [9.17, 15) is 4.79 Å². The number of carbonyl (C=O) groups excluding carboxylic acids is 1. The van der Waals surface area contributed by atoms with Crippen LogP contribution in [0.2, 0.25) is 0 Å². The van der Waals surface area contributed by atoms with Crippen LogP contribution in [0.5, 0.6) is 0 Å². The highest BCUT2D eigenvalue weighted by Gasteiger charge is 2.10. The maximum absolute atomic E-state index is 12.0. The van der Waals surface area contributed by atoms with Gasteiger partial charge in [-0.1, -0.05) is 0 Å². The number of nitrogens with two attached hydrogens (primary N) is 1. The molecule has 0 radical (unpaired) electrons. The summed E-state index contributed by atoms with van der Waals surface area (Å²) in [4.78, 5) is 14.4. The Balaban J connectivity index is 1.79. The van der Waals surface area contributed by atoms with Gasteiger partial charge in [0.15, 0.2) is 0 Å². The first kappa shape index (κ1) is 16.8. The molecule has 1 aromatic rings. The maximum atomic E-state index is 12.0. The highest BCUT2D eigenvalue weighted by molar-refractivity contribution is 6.06. The van der Waals surface area contributed by atoms with E-state index in [1.54, 1.807) is 24.3 Å². The Kier molecular flexibility index (Phi) is 6.41. The van der Waals surface area contributed by atoms with Crippen LogP contribution in [0.4, 0.5) is 11.4 Å². The van der Waals surface area contributed by atoms with Crippen molar-refractivity contribution in [3.63, 3.8) is 0 Å². The molecule has 1 aromatic carbocycles. The summed E-state index contributed by atoms with van der Waals surface area (Å²) in [5, 5.41) is 18.1. The normalized spacial score (nSPS) is 15.7. The fourth-order valence-corrected chi connectivity index (χ4v) is 2.25. The van der Waals surface area contributed by atoms with Gasteiger partial charge in [0.2, 0.25) is 0 Å². The highest BCUT2D eigenvalue weighted by Crippen LogP contribution is 2.11. The molecule has 0 unspecified atom stereocenters. The van der Waals surface area contributed by atoms with Crippen LogP contribution in [0.3, 0.4) is 0 Å². The number of anilines is 2. The van der Waals surface area contributed by atoms with Crippen LogP contribution >= 0.6 is 0 Å². The fraction of sp³-hybridized carbons (Fsp3) is 0.375. The topological polar surface area (TPSA) is 106 Å². The molecule has 5 N–H and O–H groups in total. The summed E-state index contributed by atoms with van der Waals surface area (Å²) in [7, 11) is 0. The maximum Gasteiger partial charge on any atom is 0.267 e. The fourth-order valence-electron chi connectivity index (χ4n) is 2.25. The third-order valence-electron chi connectivity index (χ3n) is 3.56. The van der Waals surface area contributed by atoms with E-state index in [4.69, 9.17) is 11.0 Å². The van der Waals surface area contributed by atoms with Gasteiger partial charge in [-0.25, -0.2) is 0 Å². The van der Waals surface area contributed by atoms with Crippen LogP contribution in [0.1, 0.15) is 0 Å². The number of piperazine rings is 1. The standard InChI is InChI=1S/C16H22N6O/c17-11-13(12-20-7-10-22-8-5-19-6-9-22)16(23)21-15-3-1-14(18)2-4-15/h1-4,12,19-20H,5-10,18H2,(H,21,23)/b13-12-. The van der Waals surface area contributed by atoms with Gasteiger partial charge in [0.05, 0.1) is 0 Å². The molecule has 7 heteroatoms. The molecule has 1 saturated heterocycles. The predicted octanol–water partition coefficient (Wildman–Crippen LogP) is 0.110. The Labute approximate surface area is 136 Å². The summed E-state index contributed by atoms with van der Waals surface area (Å²) in [5.41, 5.74) is 6.86. The molecular formula is C16H22N6O. The van der Waals surface area contributed by atoms with Crippen molar-refractivity contribution in [2.45, 2.75) is 0 Å². The highest BCUT2D eigenvalue weighted by atomic mass is 16.1. The predicted molar refractivity (Wildman–Crippen MR) is 90.5 cm³/mol. The largest absolute Gasteiger partial charge is 0.399 e. The average molecular weight is 314 g/mol. The zero-order valence-electron chi connectivity index (χ0n) is 13.0. The molecule has 0 spiro atoms. The number of nitrogens with one attached hydrogen (secondary N) is 3. The SMILES string of the molecule is N#C/C(=C/NCCN1CCNCC1)C(=O)Nc1ccc(N)cc1. The van der Waals surface area contributed by atoms with Gasteiger partial charge in [-0.05, 0) is 24.3 Å². The second-order valence-electron chi connectivity index (χ2n) is 5.29. The number of nitrogen functional groups attached to an aromatic ring is 1. The summed E-state index contributed by atoms with van der Waals surface area (Å²) < 4.78 is 0. The van der Waals surface area contributed by atoms with Crippen LogP contribution in [-0.4, -0.2) is 50.1 Å². The molecule has 0 aliphatic carbocycles. The molecule has 1 amide bonds. The third kappa shape index (κ3) is 5.62. The second-order valence-corrected chi connectivity index (χ2v) is 5.29. The van der Waals surface area contributed by atoms with Crippen LogP contribution in [0.15, 0.2) is 36.0 Å². The quantitative estimate of drug-likeness (QED) is 0.257. The molecule has 23 heavy (non-hydrogen) atoms. The van der Waals surface area contributed by atoms with Crippen LogP contribution in [0.25, 0.3) is 0 Å². The number of nitrogens with zero attached hydrogens (tertiary/aromatic N) is 2. The van der Waals surface area contributed by atoms with Gasteiger partial charge in [0.1, 0.15) is 11.6 Å². The minimum absolute atomic E-state index is 0.0436. The molecule has 1 heterocycles. The van der Waals surface area contributed by atoms with Gasteiger partial charge in [0.25, 0.3) is 5.91 Å². The molecular weight excluding hydrogens is 292 g/mol. The van der Waals surface area contributed by atoms with E-state index in [-0.39, 0.29) is 5.57 Å². The van der Waals surface area contributed by atoms with Gasteiger partial charge in [-0.2, -0.15) is 5.26 Å². The molecule has 0 aromatic heterocycles. The lowest BCUT2D eigenvalue weighted by molar-refractivity contribution is -0.112. The summed E-state index contributed by atoms with van der Waals surface area (Å²) in [5.74, 6) is -0.438. The Morgan fingerprint density at radius 3 is 2.70 bits per heavy atom. The number of rotatable bonds is 6. The van der Waals surface area contributed by atoms with Crippen LogP contribution in [0, 0.1) is 11.3 Å². The minimum Gasteiger partial charge on any atom is -0.399 e. The van der Waals surface area contributed by atoms with E-state index in [0.29, 0.717) is 17.9 Å². The monoisotopic (exact) mass is 314 g/mol. The van der Waals surface area contributed by atoms with Gasteiger partial charge >= 0.3 is 0 Å². The molecule has 1 fully saturated rings. The molecule has 0 saturated carbocycles. The summed E-state index contributed by atoms with van der Waals surface area (Å²) >= 11 is 0. The Morgan fingerprint density at radius 2 is 2.04 bits per heavy atom. The molecule has 2 rings (SSSR count). The number of amides is 1. The van der Waals surface area contributed by atoms with E-state index in [2.05, 4.69) is 20.9 Å². The zero-order chi connectivity index (χ0) is 16.5. The van der Waals surface area contributed by atoms with Crippen molar-refractivity contribution in [2.75, 3.05) is 50.3 Å². The number of hydrogen-bond donors (Lipinski definition) is 4. The van der Waals surface area contributed by atoms with Gasteiger partial charge in [0, 0.05) is 56.8 Å². The summed E-state index contributed by atoms with van der Waals surface area (Å²) in [6, 6.07) is 8.68. The van der Waals surface area contributed by atoms with E-state index in [1.165, 1.54) is 6.20 Å². The van der Waals surface area contributed by atoms with Crippen LogP contribution in [-0.2, 0) is 4.79 Å².